The molecule has 1 unspecified atom stereocenters. The quantitative estimate of drug-likeness (QED) is 0.582. The van der Waals surface area contributed by atoms with Crippen LogP contribution in [0.1, 0.15) is 12.8 Å². The highest BCUT2D eigenvalue weighted by molar-refractivity contribution is 5.58. The summed E-state index contributed by atoms with van der Waals surface area (Å²) in [5.74, 6) is 0.377. The Morgan fingerprint density at radius 3 is 3.11 bits per heavy atom. The van der Waals surface area contributed by atoms with Gasteiger partial charge in [-0.05, 0) is 18.8 Å². The Balaban J connectivity index is 2.31. The fourth-order valence-electron chi connectivity index (χ4n) is 2.15. The van der Waals surface area contributed by atoms with Gasteiger partial charge in [-0.2, -0.15) is 4.98 Å². The Morgan fingerprint density at radius 1 is 1.67 bits per heavy atom. The molecule has 0 aromatic carbocycles. The first kappa shape index (κ1) is 12.5. The lowest BCUT2D eigenvalue weighted by molar-refractivity contribution is -0.384. The number of hydrogen-bond donors (Lipinski definition) is 2. The van der Waals surface area contributed by atoms with Gasteiger partial charge in [0.1, 0.15) is 6.20 Å². The first-order chi connectivity index (χ1) is 8.61. The molecule has 1 aromatic rings. The molecule has 18 heavy (non-hydrogen) atoms. The molecule has 1 atom stereocenters. The molecule has 0 bridgehead atoms. The van der Waals surface area contributed by atoms with Crippen LogP contribution in [-0.2, 0) is 0 Å². The summed E-state index contributed by atoms with van der Waals surface area (Å²) in [7, 11) is 0. The highest BCUT2D eigenvalue weighted by atomic mass is 16.6. The van der Waals surface area contributed by atoms with E-state index in [4.69, 9.17) is 5.73 Å². The van der Waals surface area contributed by atoms with Gasteiger partial charge in [0.15, 0.2) is 0 Å². The maximum absolute atomic E-state index is 10.9. The summed E-state index contributed by atoms with van der Waals surface area (Å²) in [4.78, 5) is 19.8. The second-order valence-corrected chi connectivity index (χ2v) is 4.33. The number of hydrogen-bond acceptors (Lipinski definition) is 7. The van der Waals surface area contributed by atoms with Crippen LogP contribution in [0.5, 0.6) is 0 Å². The predicted octanol–water partition coefficient (Wildman–Crippen LogP) is 0.176. The van der Waals surface area contributed by atoms with Crippen molar-refractivity contribution in [3.8, 4) is 0 Å². The molecule has 1 aliphatic heterocycles. The summed E-state index contributed by atoms with van der Waals surface area (Å²) in [6.45, 7) is 1.30. The van der Waals surface area contributed by atoms with Crippen molar-refractivity contribution in [2.24, 2.45) is 5.92 Å². The first-order valence-electron chi connectivity index (χ1n) is 5.74. The Labute approximate surface area is 104 Å². The number of aliphatic hydroxyl groups is 1. The molecule has 98 valence electrons. The van der Waals surface area contributed by atoms with Gasteiger partial charge in [-0.25, -0.2) is 4.98 Å². The number of rotatable bonds is 3. The number of nitro groups is 1. The van der Waals surface area contributed by atoms with Gasteiger partial charge in [0.2, 0.25) is 11.8 Å². The third-order valence-corrected chi connectivity index (χ3v) is 3.04. The molecule has 0 spiro atoms. The van der Waals surface area contributed by atoms with Crippen LogP contribution in [0.2, 0.25) is 0 Å². The highest BCUT2D eigenvalue weighted by Gasteiger charge is 2.27. The third kappa shape index (κ3) is 2.48. The van der Waals surface area contributed by atoms with Gasteiger partial charge in [0.25, 0.3) is 0 Å². The standard InChI is InChI=1S/C10H15N5O3/c11-10-12-4-8(15(17)18)9(13-10)14-3-1-2-7(5-14)6-16/h4,7,16H,1-3,5-6H2,(H2,11,12,13). The fourth-order valence-corrected chi connectivity index (χ4v) is 2.15. The van der Waals surface area contributed by atoms with Crippen molar-refractivity contribution >= 4 is 17.5 Å². The Morgan fingerprint density at radius 2 is 2.44 bits per heavy atom. The molecule has 1 aromatic heterocycles. The van der Waals surface area contributed by atoms with E-state index in [-0.39, 0.29) is 30.0 Å². The van der Waals surface area contributed by atoms with Crippen LogP contribution in [0.15, 0.2) is 6.20 Å². The zero-order valence-electron chi connectivity index (χ0n) is 9.82. The van der Waals surface area contributed by atoms with Gasteiger partial charge in [0, 0.05) is 19.7 Å². The highest BCUT2D eigenvalue weighted by Crippen LogP contribution is 2.29. The SMILES string of the molecule is Nc1ncc([N+](=O)[O-])c(N2CCCC(CO)C2)n1. The minimum absolute atomic E-state index is 0.0155. The van der Waals surface area contributed by atoms with E-state index >= 15 is 0 Å². The van der Waals surface area contributed by atoms with E-state index in [1.807, 2.05) is 0 Å². The molecule has 8 heteroatoms. The molecule has 1 aliphatic rings. The second-order valence-electron chi connectivity index (χ2n) is 4.33. The number of aliphatic hydroxyl groups excluding tert-OH is 1. The number of nitrogen functional groups attached to an aromatic ring is 1. The number of anilines is 2. The van der Waals surface area contributed by atoms with E-state index in [2.05, 4.69) is 9.97 Å². The fraction of sp³-hybridized carbons (Fsp3) is 0.600. The van der Waals surface area contributed by atoms with E-state index in [1.165, 1.54) is 0 Å². The first-order valence-corrected chi connectivity index (χ1v) is 5.74. The molecule has 1 saturated heterocycles. The smallest absolute Gasteiger partial charge is 0.329 e. The molecule has 0 aliphatic carbocycles. The van der Waals surface area contributed by atoms with E-state index in [1.54, 1.807) is 4.90 Å². The number of aromatic nitrogens is 2. The average Bonchev–Trinajstić information content (AvgIpc) is 2.38. The molecule has 2 heterocycles. The van der Waals surface area contributed by atoms with Crippen LogP contribution in [0, 0.1) is 16.0 Å². The summed E-state index contributed by atoms with van der Waals surface area (Å²) < 4.78 is 0. The molecular formula is C10H15N5O3. The van der Waals surface area contributed by atoms with Gasteiger partial charge in [-0.15, -0.1) is 0 Å². The van der Waals surface area contributed by atoms with Gasteiger partial charge in [-0.3, -0.25) is 10.1 Å². The largest absolute Gasteiger partial charge is 0.396 e. The van der Waals surface area contributed by atoms with Gasteiger partial charge >= 0.3 is 5.69 Å². The maximum Gasteiger partial charge on any atom is 0.329 e. The lowest BCUT2D eigenvalue weighted by Gasteiger charge is -2.32. The Hall–Kier alpha value is -1.96. The minimum Gasteiger partial charge on any atom is -0.396 e. The summed E-state index contributed by atoms with van der Waals surface area (Å²) in [5.41, 5.74) is 5.33. The minimum atomic E-state index is -0.517. The van der Waals surface area contributed by atoms with Crippen molar-refractivity contribution in [1.29, 1.82) is 0 Å². The molecule has 0 amide bonds. The second kappa shape index (κ2) is 5.13. The van der Waals surface area contributed by atoms with Crippen molar-refractivity contribution in [2.75, 3.05) is 30.3 Å². The van der Waals surface area contributed by atoms with E-state index in [0.717, 1.165) is 19.0 Å². The average molecular weight is 253 g/mol. The van der Waals surface area contributed by atoms with Crippen LogP contribution in [0.3, 0.4) is 0 Å². The molecule has 3 N–H and O–H groups in total. The monoisotopic (exact) mass is 253 g/mol. The van der Waals surface area contributed by atoms with Gasteiger partial charge in [-0.1, -0.05) is 0 Å². The van der Waals surface area contributed by atoms with Crippen molar-refractivity contribution < 1.29 is 10.0 Å². The van der Waals surface area contributed by atoms with Crippen LogP contribution in [-0.4, -0.2) is 39.7 Å². The topological polar surface area (TPSA) is 118 Å². The van der Waals surface area contributed by atoms with Crippen molar-refractivity contribution in [3.63, 3.8) is 0 Å². The molecule has 1 fully saturated rings. The number of piperidine rings is 1. The third-order valence-electron chi connectivity index (χ3n) is 3.04. The van der Waals surface area contributed by atoms with Gasteiger partial charge < -0.3 is 15.7 Å². The van der Waals surface area contributed by atoms with Crippen LogP contribution in [0.25, 0.3) is 0 Å². The molecular weight excluding hydrogens is 238 g/mol. The summed E-state index contributed by atoms with van der Waals surface area (Å²) in [6.07, 6.45) is 2.91. The lowest BCUT2D eigenvalue weighted by atomic mass is 9.99. The molecule has 8 nitrogen and oxygen atoms in total. The van der Waals surface area contributed by atoms with Crippen LogP contribution in [0.4, 0.5) is 17.5 Å². The summed E-state index contributed by atoms with van der Waals surface area (Å²) in [6, 6.07) is 0. The Kier molecular flexibility index (Phi) is 3.56. The van der Waals surface area contributed by atoms with E-state index in [9.17, 15) is 15.2 Å². The van der Waals surface area contributed by atoms with Crippen LogP contribution >= 0.6 is 0 Å². The van der Waals surface area contributed by atoms with Crippen molar-refractivity contribution in [3.05, 3.63) is 16.3 Å². The van der Waals surface area contributed by atoms with Crippen molar-refractivity contribution in [2.45, 2.75) is 12.8 Å². The maximum atomic E-state index is 10.9. The molecule has 0 saturated carbocycles. The number of nitrogens with zero attached hydrogens (tertiary/aromatic N) is 4. The summed E-state index contributed by atoms with van der Waals surface area (Å²) in [5, 5.41) is 20.1. The molecule has 2 rings (SSSR count). The predicted molar refractivity (Wildman–Crippen MR) is 65.1 cm³/mol. The lowest BCUT2D eigenvalue weighted by Crippen LogP contribution is -2.37. The van der Waals surface area contributed by atoms with E-state index in [0.29, 0.717) is 13.1 Å². The zero-order chi connectivity index (χ0) is 13.1. The zero-order valence-corrected chi connectivity index (χ0v) is 9.82. The van der Waals surface area contributed by atoms with Gasteiger partial charge in [0.05, 0.1) is 4.92 Å². The summed E-state index contributed by atoms with van der Waals surface area (Å²) >= 11 is 0. The number of nitrogens with two attached hydrogens (primary N) is 1. The Bertz CT molecular complexity index is 453. The van der Waals surface area contributed by atoms with Crippen molar-refractivity contribution in [1.82, 2.24) is 9.97 Å². The molecule has 0 radical (unpaired) electrons. The van der Waals surface area contributed by atoms with E-state index < -0.39 is 4.92 Å². The van der Waals surface area contributed by atoms with Crippen LogP contribution < -0.4 is 10.6 Å². The normalized spacial score (nSPS) is 19.8.